The quantitative estimate of drug-likeness (QED) is 0.706. The fourth-order valence-corrected chi connectivity index (χ4v) is 2.95. The second-order valence-electron chi connectivity index (χ2n) is 5.92. The summed E-state index contributed by atoms with van der Waals surface area (Å²) in [7, 11) is 0. The molecular weight excluding hydrogens is 334 g/mol. The lowest BCUT2D eigenvalue weighted by Crippen LogP contribution is -2.43. The molecule has 132 valence electrons. The standard InChI is InChI=1S/C19H23N3O2S/c1-14(2)12-21-19(24)22-18(23)13-20-16-10-6-7-11-17(16)25-15-8-4-3-5-9-15/h3-11,14,20H,12-13H2,1-2H3,(H2,21,22,23,24). The fraction of sp³-hybridized carbons (Fsp3) is 0.263. The average Bonchev–Trinajstić information content (AvgIpc) is 2.60. The topological polar surface area (TPSA) is 70.2 Å². The number of anilines is 1. The highest BCUT2D eigenvalue weighted by Gasteiger charge is 2.09. The molecule has 5 nitrogen and oxygen atoms in total. The van der Waals surface area contributed by atoms with Crippen LogP contribution in [0.1, 0.15) is 13.8 Å². The first-order valence-electron chi connectivity index (χ1n) is 8.18. The van der Waals surface area contributed by atoms with Crippen molar-refractivity contribution in [1.82, 2.24) is 10.6 Å². The predicted octanol–water partition coefficient (Wildman–Crippen LogP) is 3.73. The largest absolute Gasteiger partial charge is 0.375 e. The number of carbonyl (C=O) groups excluding carboxylic acids is 2. The number of hydrogen-bond acceptors (Lipinski definition) is 4. The molecule has 25 heavy (non-hydrogen) atoms. The minimum atomic E-state index is -0.465. The lowest BCUT2D eigenvalue weighted by molar-refractivity contribution is -0.118. The number of para-hydroxylation sites is 1. The smallest absolute Gasteiger partial charge is 0.321 e. The van der Waals surface area contributed by atoms with Crippen molar-refractivity contribution < 1.29 is 9.59 Å². The van der Waals surface area contributed by atoms with Crippen molar-refractivity contribution in [3.8, 4) is 0 Å². The molecule has 0 saturated carbocycles. The van der Waals surface area contributed by atoms with Crippen molar-refractivity contribution in [2.45, 2.75) is 23.6 Å². The molecule has 6 heteroatoms. The number of imide groups is 1. The van der Waals surface area contributed by atoms with E-state index in [2.05, 4.69) is 16.0 Å². The van der Waals surface area contributed by atoms with Crippen LogP contribution < -0.4 is 16.0 Å². The number of carbonyl (C=O) groups is 2. The molecule has 3 amide bonds. The van der Waals surface area contributed by atoms with Gasteiger partial charge in [-0.2, -0.15) is 0 Å². The Morgan fingerprint density at radius 3 is 2.40 bits per heavy atom. The van der Waals surface area contributed by atoms with Gasteiger partial charge in [-0.15, -0.1) is 0 Å². The van der Waals surface area contributed by atoms with Crippen molar-refractivity contribution in [2.24, 2.45) is 5.92 Å². The van der Waals surface area contributed by atoms with Gasteiger partial charge in [0.1, 0.15) is 0 Å². The number of rotatable bonds is 7. The van der Waals surface area contributed by atoms with Crippen molar-refractivity contribution in [2.75, 3.05) is 18.4 Å². The first kappa shape index (κ1) is 18.9. The van der Waals surface area contributed by atoms with Gasteiger partial charge < -0.3 is 10.6 Å². The molecule has 0 heterocycles. The number of urea groups is 1. The summed E-state index contributed by atoms with van der Waals surface area (Å²) in [5, 5.41) is 8.06. The van der Waals surface area contributed by atoms with Crippen LogP contribution in [0.25, 0.3) is 0 Å². The van der Waals surface area contributed by atoms with Gasteiger partial charge >= 0.3 is 6.03 Å². The molecule has 0 aliphatic rings. The van der Waals surface area contributed by atoms with E-state index in [0.29, 0.717) is 12.5 Å². The molecule has 2 rings (SSSR count). The van der Waals surface area contributed by atoms with Crippen LogP contribution in [-0.4, -0.2) is 25.0 Å². The molecule has 0 aliphatic carbocycles. The lowest BCUT2D eigenvalue weighted by atomic mass is 10.2. The Morgan fingerprint density at radius 1 is 1.00 bits per heavy atom. The van der Waals surface area contributed by atoms with Gasteiger partial charge in [-0.1, -0.05) is 55.9 Å². The zero-order chi connectivity index (χ0) is 18.1. The van der Waals surface area contributed by atoms with Crippen molar-refractivity contribution in [3.05, 3.63) is 54.6 Å². The van der Waals surface area contributed by atoms with Gasteiger partial charge in [-0.25, -0.2) is 4.79 Å². The van der Waals surface area contributed by atoms with E-state index in [-0.39, 0.29) is 12.5 Å². The molecule has 0 aromatic heterocycles. The number of nitrogens with one attached hydrogen (secondary N) is 3. The highest BCUT2D eigenvalue weighted by molar-refractivity contribution is 7.99. The van der Waals surface area contributed by atoms with Gasteiger partial charge in [0.15, 0.2) is 0 Å². The summed E-state index contributed by atoms with van der Waals surface area (Å²) >= 11 is 1.62. The van der Waals surface area contributed by atoms with Crippen molar-refractivity contribution in [1.29, 1.82) is 0 Å². The Balaban J connectivity index is 1.88. The van der Waals surface area contributed by atoms with Crippen LogP contribution in [0.15, 0.2) is 64.4 Å². The monoisotopic (exact) mass is 357 g/mol. The van der Waals surface area contributed by atoms with Crippen LogP contribution in [-0.2, 0) is 4.79 Å². The molecule has 3 N–H and O–H groups in total. The van der Waals surface area contributed by atoms with Crippen molar-refractivity contribution in [3.63, 3.8) is 0 Å². The second kappa shape index (κ2) is 9.74. The number of hydrogen-bond donors (Lipinski definition) is 3. The van der Waals surface area contributed by atoms with Crippen LogP contribution in [0.5, 0.6) is 0 Å². The third-order valence-corrected chi connectivity index (χ3v) is 4.31. The second-order valence-corrected chi connectivity index (χ2v) is 7.03. The zero-order valence-corrected chi connectivity index (χ0v) is 15.2. The van der Waals surface area contributed by atoms with E-state index >= 15 is 0 Å². The highest BCUT2D eigenvalue weighted by atomic mass is 32.2. The maximum absolute atomic E-state index is 11.9. The Bertz CT molecular complexity index is 705. The summed E-state index contributed by atoms with van der Waals surface area (Å²) in [6, 6.07) is 17.3. The molecular formula is C19H23N3O2S. The van der Waals surface area contributed by atoms with Gasteiger partial charge in [0, 0.05) is 22.0 Å². The maximum Gasteiger partial charge on any atom is 0.321 e. The maximum atomic E-state index is 11.9. The van der Waals surface area contributed by atoms with E-state index in [1.807, 2.05) is 68.4 Å². The SMILES string of the molecule is CC(C)CNC(=O)NC(=O)CNc1ccccc1Sc1ccccc1. The molecule has 0 fully saturated rings. The third-order valence-electron chi connectivity index (χ3n) is 3.22. The van der Waals surface area contributed by atoms with Gasteiger partial charge in [0.05, 0.1) is 6.54 Å². The normalized spacial score (nSPS) is 10.4. The molecule has 0 aliphatic heterocycles. The van der Waals surface area contributed by atoms with Crippen molar-refractivity contribution >= 4 is 29.4 Å². The number of benzene rings is 2. The molecule has 2 aromatic carbocycles. The molecule has 0 bridgehead atoms. The van der Waals surface area contributed by atoms with Gasteiger partial charge in [0.2, 0.25) is 5.91 Å². The minimum absolute atomic E-state index is 0.0292. The highest BCUT2D eigenvalue weighted by Crippen LogP contribution is 2.32. The molecule has 0 radical (unpaired) electrons. The fourth-order valence-electron chi connectivity index (χ4n) is 2.00. The number of amides is 3. The lowest BCUT2D eigenvalue weighted by Gasteiger charge is -2.12. The van der Waals surface area contributed by atoms with Gasteiger partial charge in [-0.05, 0) is 30.2 Å². The van der Waals surface area contributed by atoms with E-state index in [9.17, 15) is 9.59 Å². The minimum Gasteiger partial charge on any atom is -0.375 e. The van der Waals surface area contributed by atoms with E-state index < -0.39 is 6.03 Å². The summed E-state index contributed by atoms with van der Waals surface area (Å²) in [5.74, 6) is -0.0402. The first-order chi connectivity index (χ1) is 12.0. The molecule has 0 saturated heterocycles. The Hall–Kier alpha value is -2.47. The Morgan fingerprint density at radius 2 is 1.68 bits per heavy atom. The Labute approximate surface area is 152 Å². The molecule has 0 spiro atoms. The summed E-state index contributed by atoms with van der Waals surface area (Å²) in [6.07, 6.45) is 0. The van der Waals surface area contributed by atoms with E-state index in [1.165, 1.54) is 0 Å². The summed E-state index contributed by atoms with van der Waals surface area (Å²) in [5.41, 5.74) is 0.856. The van der Waals surface area contributed by atoms with Crippen LogP contribution in [0.2, 0.25) is 0 Å². The van der Waals surface area contributed by atoms with Crippen LogP contribution in [0.3, 0.4) is 0 Å². The van der Waals surface area contributed by atoms with E-state index in [1.54, 1.807) is 11.8 Å². The van der Waals surface area contributed by atoms with Crippen LogP contribution >= 0.6 is 11.8 Å². The summed E-state index contributed by atoms with van der Waals surface area (Å²) in [4.78, 5) is 25.6. The van der Waals surface area contributed by atoms with E-state index in [0.717, 1.165) is 15.5 Å². The third kappa shape index (κ3) is 6.89. The molecule has 0 unspecified atom stereocenters. The predicted molar refractivity (Wildman–Crippen MR) is 102 cm³/mol. The molecule has 0 atom stereocenters. The summed E-state index contributed by atoms with van der Waals surface area (Å²) in [6.45, 7) is 4.54. The summed E-state index contributed by atoms with van der Waals surface area (Å²) < 4.78 is 0. The van der Waals surface area contributed by atoms with Gasteiger partial charge in [0.25, 0.3) is 0 Å². The zero-order valence-electron chi connectivity index (χ0n) is 14.4. The van der Waals surface area contributed by atoms with Gasteiger partial charge in [-0.3, -0.25) is 10.1 Å². The van der Waals surface area contributed by atoms with Crippen LogP contribution in [0.4, 0.5) is 10.5 Å². The average molecular weight is 357 g/mol. The van der Waals surface area contributed by atoms with E-state index in [4.69, 9.17) is 0 Å². The van der Waals surface area contributed by atoms with Crippen LogP contribution in [0, 0.1) is 5.92 Å². The Kier molecular flexibility index (Phi) is 7.35. The molecule has 2 aromatic rings. The first-order valence-corrected chi connectivity index (χ1v) is 8.99.